The van der Waals surface area contributed by atoms with Gasteiger partial charge >= 0.3 is 0 Å². The number of aliphatic hydroxyl groups is 1. The van der Waals surface area contributed by atoms with Crippen LogP contribution in [0.5, 0.6) is 0 Å². The molecule has 2 heteroatoms. The molecule has 0 bridgehead atoms. The molecule has 0 spiro atoms. The summed E-state index contributed by atoms with van der Waals surface area (Å²) in [4.78, 5) is 0. The Bertz CT molecular complexity index is 215. The smallest absolute Gasteiger partial charge is 0.0512 e. The molecule has 1 heterocycles. The van der Waals surface area contributed by atoms with Crippen molar-refractivity contribution >= 4 is 0 Å². The molecule has 0 aromatic carbocycles. The minimum Gasteiger partial charge on any atom is -0.393 e. The second-order valence-corrected chi connectivity index (χ2v) is 6.34. The van der Waals surface area contributed by atoms with E-state index >= 15 is 0 Å². The summed E-state index contributed by atoms with van der Waals surface area (Å²) in [5.41, 5.74) is 0.558. The van der Waals surface area contributed by atoms with Gasteiger partial charge in [-0.3, -0.25) is 0 Å². The van der Waals surface area contributed by atoms with Gasteiger partial charge in [-0.1, -0.05) is 19.3 Å². The van der Waals surface area contributed by atoms with E-state index in [0.717, 1.165) is 12.3 Å². The third-order valence-corrected chi connectivity index (χ3v) is 5.13. The summed E-state index contributed by atoms with van der Waals surface area (Å²) in [6.07, 6.45) is 12.0. The number of nitrogens with one attached hydrogen (secondary N) is 1. The van der Waals surface area contributed by atoms with Crippen molar-refractivity contribution in [2.24, 2.45) is 11.3 Å². The predicted molar refractivity (Wildman–Crippen MR) is 72.0 cm³/mol. The molecule has 1 saturated carbocycles. The Balaban J connectivity index is 1.99. The summed E-state index contributed by atoms with van der Waals surface area (Å²) in [6, 6.07) is 0. The third kappa shape index (κ3) is 3.45. The van der Waals surface area contributed by atoms with Crippen molar-refractivity contribution in [1.82, 2.24) is 5.32 Å². The lowest BCUT2D eigenvalue weighted by molar-refractivity contribution is 0.0466. The zero-order chi connectivity index (χ0) is 12.1. The van der Waals surface area contributed by atoms with Gasteiger partial charge in [-0.25, -0.2) is 0 Å². The van der Waals surface area contributed by atoms with Crippen LogP contribution in [0.1, 0.15) is 64.7 Å². The molecule has 2 rings (SSSR count). The second kappa shape index (κ2) is 6.19. The number of hydrogen-bond acceptors (Lipinski definition) is 2. The van der Waals surface area contributed by atoms with Gasteiger partial charge < -0.3 is 10.4 Å². The topological polar surface area (TPSA) is 32.3 Å². The van der Waals surface area contributed by atoms with Crippen molar-refractivity contribution in [3.05, 3.63) is 0 Å². The van der Waals surface area contributed by atoms with Crippen molar-refractivity contribution in [3.63, 3.8) is 0 Å². The summed E-state index contributed by atoms with van der Waals surface area (Å²) in [5, 5.41) is 13.1. The maximum Gasteiger partial charge on any atom is 0.0512 e. The highest BCUT2D eigenvalue weighted by Crippen LogP contribution is 2.47. The van der Waals surface area contributed by atoms with Gasteiger partial charge in [0, 0.05) is 0 Å². The fourth-order valence-electron chi connectivity index (χ4n) is 4.00. The zero-order valence-electron chi connectivity index (χ0n) is 11.4. The third-order valence-electron chi connectivity index (χ3n) is 5.13. The van der Waals surface area contributed by atoms with Crippen molar-refractivity contribution in [2.75, 3.05) is 13.1 Å². The lowest BCUT2D eigenvalue weighted by Crippen LogP contribution is -2.42. The van der Waals surface area contributed by atoms with E-state index in [0.29, 0.717) is 5.41 Å². The molecule has 1 saturated heterocycles. The molecule has 1 aliphatic carbocycles. The highest BCUT2D eigenvalue weighted by molar-refractivity contribution is 4.91. The molecule has 2 N–H and O–H groups in total. The van der Waals surface area contributed by atoms with Gasteiger partial charge in [-0.15, -0.1) is 0 Å². The Morgan fingerprint density at radius 3 is 2.41 bits per heavy atom. The van der Waals surface area contributed by atoms with Gasteiger partial charge in [0.25, 0.3) is 0 Å². The Morgan fingerprint density at radius 1 is 1.18 bits per heavy atom. The van der Waals surface area contributed by atoms with Crippen LogP contribution in [0.15, 0.2) is 0 Å². The van der Waals surface area contributed by atoms with Crippen LogP contribution in [0.2, 0.25) is 0 Å². The maximum absolute atomic E-state index is 9.58. The van der Waals surface area contributed by atoms with Gasteiger partial charge in [-0.05, 0) is 69.9 Å². The van der Waals surface area contributed by atoms with E-state index in [1.54, 1.807) is 0 Å². The minimum absolute atomic E-state index is 0.120. The standard InChI is InChI=1S/C15H29NO/c1-13(17)7-8-15(9-11-16-12-10-15)14-5-3-2-4-6-14/h13-14,16-17H,2-12H2,1H3. The molecule has 100 valence electrons. The highest BCUT2D eigenvalue weighted by atomic mass is 16.3. The summed E-state index contributed by atoms with van der Waals surface area (Å²) in [5.74, 6) is 0.942. The van der Waals surface area contributed by atoms with Crippen LogP contribution in [-0.4, -0.2) is 24.3 Å². The Morgan fingerprint density at radius 2 is 1.82 bits per heavy atom. The first kappa shape index (κ1) is 13.4. The monoisotopic (exact) mass is 239 g/mol. The number of piperidine rings is 1. The molecular weight excluding hydrogens is 210 g/mol. The molecule has 0 radical (unpaired) electrons. The minimum atomic E-state index is -0.120. The first-order valence-corrected chi connectivity index (χ1v) is 7.62. The molecular formula is C15H29NO. The molecule has 17 heavy (non-hydrogen) atoms. The first-order valence-electron chi connectivity index (χ1n) is 7.62. The van der Waals surface area contributed by atoms with E-state index in [4.69, 9.17) is 0 Å². The highest BCUT2D eigenvalue weighted by Gasteiger charge is 2.39. The van der Waals surface area contributed by atoms with Gasteiger partial charge in [0.2, 0.25) is 0 Å². The molecule has 0 aromatic rings. The fourth-order valence-corrected chi connectivity index (χ4v) is 4.00. The molecule has 2 nitrogen and oxygen atoms in total. The average Bonchev–Trinajstić information content (AvgIpc) is 2.39. The van der Waals surface area contributed by atoms with Gasteiger partial charge in [0.1, 0.15) is 0 Å². The van der Waals surface area contributed by atoms with Crippen molar-refractivity contribution < 1.29 is 5.11 Å². The van der Waals surface area contributed by atoms with E-state index in [2.05, 4.69) is 5.32 Å². The Hall–Kier alpha value is -0.0800. The summed E-state index contributed by atoms with van der Waals surface area (Å²) < 4.78 is 0. The van der Waals surface area contributed by atoms with E-state index in [1.807, 2.05) is 6.92 Å². The predicted octanol–water partition coefficient (Wildman–Crippen LogP) is 3.10. The number of rotatable bonds is 4. The van der Waals surface area contributed by atoms with Crippen LogP contribution >= 0.6 is 0 Å². The summed E-state index contributed by atoms with van der Waals surface area (Å²) in [7, 11) is 0. The van der Waals surface area contributed by atoms with Crippen molar-refractivity contribution in [2.45, 2.75) is 70.8 Å². The molecule has 0 aromatic heterocycles. The van der Waals surface area contributed by atoms with Gasteiger partial charge in [-0.2, -0.15) is 0 Å². The van der Waals surface area contributed by atoms with Crippen LogP contribution in [0, 0.1) is 11.3 Å². The maximum atomic E-state index is 9.58. The van der Waals surface area contributed by atoms with Crippen LogP contribution < -0.4 is 5.32 Å². The summed E-state index contributed by atoms with van der Waals surface area (Å²) in [6.45, 7) is 4.32. The van der Waals surface area contributed by atoms with Gasteiger partial charge in [0.15, 0.2) is 0 Å². The van der Waals surface area contributed by atoms with Crippen LogP contribution in [0.25, 0.3) is 0 Å². The van der Waals surface area contributed by atoms with Crippen LogP contribution in [0.4, 0.5) is 0 Å². The molecule has 1 unspecified atom stereocenters. The zero-order valence-corrected chi connectivity index (χ0v) is 11.4. The molecule has 1 atom stereocenters. The van der Waals surface area contributed by atoms with Gasteiger partial charge in [0.05, 0.1) is 6.10 Å². The first-order chi connectivity index (χ1) is 8.23. The van der Waals surface area contributed by atoms with Crippen molar-refractivity contribution in [1.29, 1.82) is 0 Å². The van der Waals surface area contributed by atoms with E-state index in [-0.39, 0.29) is 6.10 Å². The Kier molecular flexibility index (Phi) is 4.87. The molecule has 0 amide bonds. The SMILES string of the molecule is CC(O)CCC1(C2CCCCC2)CCNCC1. The van der Waals surface area contributed by atoms with Crippen LogP contribution in [-0.2, 0) is 0 Å². The largest absolute Gasteiger partial charge is 0.393 e. The number of aliphatic hydroxyl groups excluding tert-OH is 1. The lowest BCUT2D eigenvalue weighted by atomic mass is 9.62. The van der Waals surface area contributed by atoms with E-state index in [1.165, 1.54) is 64.5 Å². The molecule has 2 aliphatic rings. The lowest BCUT2D eigenvalue weighted by Gasteiger charge is -2.46. The summed E-state index contributed by atoms with van der Waals surface area (Å²) >= 11 is 0. The number of hydrogen-bond donors (Lipinski definition) is 2. The quantitative estimate of drug-likeness (QED) is 0.790. The molecule has 2 fully saturated rings. The van der Waals surface area contributed by atoms with E-state index < -0.39 is 0 Å². The van der Waals surface area contributed by atoms with Crippen molar-refractivity contribution in [3.8, 4) is 0 Å². The van der Waals surface area contributed by atoms with E-state index in [9.17, 15) is 5.11 Å². The Labute approximate surface area is 106 Å². The molecule has 1 aliphatic heterocycles. The normalized spacial score (nSPS) is 27.9. The van der Waals surface area contributed by atoms with Crippen LogP contribution in [0.3, 0.4) is 0 Å². The average molecular weight is 239 g/mol. The fraction of sp³-hybridized carbons (Fsp3) is 1.00. The second-order valence-electron chi connectivity index (χ2n) is 6.34.